The number of amides is 1. The predicted octanol–water partition coefficient (Wildman–Crippen LogP) is 3.82. The van der Waals surface area contributed by atoms with Crippen molar-refractivity contribution in [1.29, 1.82) is 5.26 Å². The van der Waals surface area contributed by atoms with Crippen LogP contribution in [0.2, 0.25) is 0 Å². The zero-order valence-electron chi connectivity index (χ0n) is 19.6. The average Bonchev–Trinajstić information content (AvgIpc) is 3.45. The molecule has 1 fully saturated rings. The molecule has 32 heavy (non-hydrogen) atoms. The molecule has 1 aliphatic heterocycles. The van der Waals surface area contributed by atoms with Gasteiger partial charge in [-0.3, -0.25) is 5.10 Å². The lowest BCUT2D eigenvalue weighted by atomic mass is 9.92. The molecule has 1 saturated heterocycles. The molecule has 3 aromatic heterocycles. The monoisotopic (exact) mass is 434 g/mol. The number of carbonyl (C=O) groups is 1. The van der Waals surface area contributed by atoms with E-state index in [9.17, 15) is 4.79 Å². The second kappa shape index (κ2) is 11.4. The van der Waals surface area contributed by atoms with Gasteiger partial charge >= 0.3 is 6.09 Å². The van der Waals surface area contributed by atoms with Gasteiger partial charge < -0.3 is 9.64 Å². The number of aromatic amines is 1. The lowest BCUT2D eigenvalue weighted by Crippen LogP contribution is -2.39. The third kappa shape index (κ3) is 6.61. The number of H-pyrrole nitrogens is 1. The molecule has 8 nitrogen and oxygen atoms in total. The highest BCUT2D eigenvalue weighted by Crippen LogP contribution is 2.18. The number of piperidine rings is 1. The van der Waals surface area contributed by atoms with Crippen LogP contribution < -0.4 is 5.46 Å². The van der Waals surface area contributed by atoms with Crippen LogP contribution in [0.1, 0.15) is 59.4 Å². The quantitative estimate of drug-likeness (QED) is 0.587. The zero-order valence-corrected chi connectivity index (χ0v) is 19.6. The zero-order chi connectivity index (χ0) is 23.7. The lowest BCUT2D eigenvalue weighted by molar-refractivity contribution is 0.0216. The molecule has 0 saturated carbocycles. The molecule has 0 aromatic carbocycles. The first-order chi connectivity index (χ1) is 15.3. The van der Waals surface area contributed by atoms with Gasteiger partial charge in [0.05, 0.1) is 23.5 Å². The molecular formula is C23H31BN6O2. The summed E-state index contributed by atoms with van der Waals surface area (Å²) >= 11 is 0. The van der Waals surface area contributed by atoms with Crippen molar-refractivity contribution in [3.05, 3.63) is 36.4 Å². The second-order valence-corrected chi connectivity index (χ2v) is 8.16. The molecule has 4 rings (SSSR count). The van der Waals surface area contributed by atoms with Crippen molar-refractivity contribution in [1.82, 2.24) is 24.7 Å². The lowest BCUT2D eigenvalue weighted by Gasteiger charge is -2.29. The Morgan fingerprint density at radius 2 is 1.88 bits per heavy atom. The molecule has 0 unspecified atom stereocenters. The van der Waals surface area contributed by atoms with Gasteiger partial charge in [-0.1, -0.05) is 25.4 Å². The van der Waals surface area contributed by atoms with Crippen molar-refractivity contribution < 1.29 is 9.53 Å². The molecule has 0 spiro atoms. The molecule has 0 aliphatic carbocycles. The Morgan fingerprint density at radius 3 is 2.44 bits per heavy atom. The normalized spacial score (nSPS) is 13.3. The minimum absolute atomic E-state index is 0.160. The van der Waals surface area contributed by atoms with Crippen LogP contribution in [0.4, 0.5) is 4.79 Å². The van der Waals surface area contributed by atoms with Crippen molar-refractivity contribution in [2.24, 2.45) is 0 Å². The van der Waals surface area contributed by atoms with E-state index in [2.05, 4.69) is 21.4 Å². The predicted molar refractivity (Wildman–Crippen MR) is 126 cm³/mol. The number of hydrogen-bond donors (Lipinski definition) is 1. The number of hydrogen-bond acceptors (Lipinski definition) is 5. The number of carbonyl (C=O) groups excluding carboxylic acids is 1. The van der Waals surface area contributed by atoms with Crippen LogP contribution in [0.5, 0.6) is 0 Å². The average molecular weight is 434 g/mol. The van der Waals surface area contributed by atoms with Crippen LogP contribution in [0, 0.1) is 11.3 Å². The number of likely N-dealkylation sites (tertiary alicyclic amines) is 1. The summed E-state index contributed by atoms with van der Waals surface area (Å²) in [5.74, 6) is 0. The summed E-state index contributed by atoms with van der Waals surface area (Å²) in [6, 6.07) is 3.87. The minimum atomic E-state index is -0.367. The van der Waals surface area contributed by atoms with Gasteiger partial charge in [0, 0.05) is 36.6 Å². The van der Waals surface area contributed by atoms with Gasteiger partial charge in [-0.25, -0.2) is 9.31 Å². The van der Waals surface area contributed by atoms with Gasteiger partial charge in [0.25, 0.3) is 0 Å². The van der Waals surface area contributed by atoms with E-state index in [1.807, 2.05) is 46.9 Å². The standard InChI is InChI=1S/C11H6BN5.C10H19NO2.C2H6/c12-10-1-7(9-3-14-15-4-9)6-17-11(10)8(2-13)5-16-17;1-10(2,3)13-9(12)11-7-5-4-6-8-11;1-2/h1,3-6H,(H,14,15);4-8H2,1-3H3;1-2H3. The van der Waals surface area contributed by atoms with Crippen LogP contribution in [0.3, 0.4) is 0 Å². The Labute approximate surface area is 191 Å². The Kier molecular flexibility index (Phi) is 8.88. The largest absolute Gasteiger partial charge is 0.444 e. The fourth-order valence-electron chi connectivity index (χ4n) is 3.20. The van der Waals surface area contributed by atoms with E-state index in [1.165, 1.54) is 12.6 Å². The topological polar surface area (TPSA) is 99.3 Å². The number of rotatable bonds is 1. The Balaban J connectivity index is 0.000000218. The Morgan fingerprint density at radius 1 is 1.19 bits per heavy atom. The maximum absolute atomic E-state index is 11.5. The highest BCUT2D eigenvalue weighted by atomic mass is 16.6. The van der Waals surface area contributed by atoms with Gasteiger partial charge in [0.15, 0.2) is 0 Å². The first kappa shape index (κ1) is 25.0. The molecular weight excluding hydrogens is 403 g/mol. The fraction of sp³-hybridized carbons (Fsp3) is 0.478. The number of nitriles is 1. The molecule has 1 amide bonds. The smallest absolute Gasteiger partial charge is 0.410 e. The molecule has 1 aliphatic rings. The van der Waals surface area contributed by atoms with E-state index >= 15 is 0 Å². The van der Waals surface area contributed by atoms with Crippen LogP contribution in [-0.2, 0) is 4.74 Å². The van der Waals surface area contributed by atoms with Crippen LogP contribution in [0.15, 0.2) is 30.9 Å². The SMILES string of the molecule is CC.CC(C)(C)OC(=O)N1CCCCC1.[B]c1cc(-c2cn[nH]c2)cn2ncc(C#N)c12. The number of nitrogens with one attached hydrogen (secondary N) is 1. The summed E-state index contributed by atoms with van der Waals surface area (Å²) in [4.78, 5) is 13.3. The minimum Gasteiger partial charge on any atom is -0.444 e. The fourth-order valence-corrected chi connectivity index (χ4v) is 3.20. The summed E-state index contributed by atoms with van der Waals surface area (Å²) in [5.41, 5.74) is 3.09. The second-order valence-electron chi connectivity index (χ2n) is 8.16. The van der Waals surface area contributed by atoms with E-state index in [1.54, 1.807) is 21.8 Å². The van der Waals surface area contributed by atoms with E-state index in [-0.39, 0.29) is 11.7 Å². The number of aromatic nitrogens is 4. The van der Waals surface area contributed by atoms with Gasteiger partial charge in [0.1, 0.15) is 19.5 Å². The highest BCUT2D eigenvalue weighted by molar-refractivity contribution is 6.37. The Hall–Kier alpha value is -3.28. The van der Waals surface area contributed by atoms with E-state index in [4.69, 9.17) is 17.8 Å². The summed E-state index contributed by atoms with van der Waals surface area (Å²) < 4.78 is 6.87. The maximum atomic E-state index is 11.5. The Bertz CT molecular complexity index is 1040. The number of pyridine rings is 1. The first-order valence-corrected chi connectivity index (χ1v) is 10.9. The van der Waals surface area contributed by atoms with Crippen LogP contribution >= 0.6 is 0 Å². The van der Waals surface area contributed by atoms with Crippen molar-refractivity contribution in [2.75, 3.05) is 13.1 Å². The van der Waals surface area contributed by atoms with Gasteiger partial charge in [-0.05, 0) is 40.0 Å². The molecule has 4 heterocycles. The molecule has 1 N–H and O–H groups in total. The molecule has 3 aromatic rings. The number of nitrogens with zero attached hydrogens (tertiary/aromatic N) is 5. The van der Waals surface area contributed by atoms with Crippen molar-refractivity contribution in [3.63, 3.8) is 0 Å². The maximum Gasteiger partial charge on any atom is 0.410 e. The van der Waals surface area contributed by atoms with E-state index in [0.717, 1.165) is 37.1 Å². The van der Waals surface area contributed by atoms with Gasteiger partial charge in [-0.15, -0.1) is 0 Å². The van der Waals surface area contributed by atoms with Gasteiger partial charge in [-0.2, -0.15) is 15.5 Å². The summed E-state index contributed by atoms with van der Waals surface area (Å²) in [7, 11) is 5.94. The van der Waals surface area contributed by atoms with Crippen molar-refractivity contribution in [2.45, 2.75) is 59.5 Å². The van der Waals surface area contributed by atoms with E-state index < -0.39 is 0 Å². The summed E-state index contributed by atoms with van der Waals surface area (Å²) in [6.07, 6.45) is 10.1. The molecule has 9 heteroatoms. The van der Waals surface area contributed by atoms with E-state index in [0.29, 0.717) is 16.5 Å². The molecule has 2 radical (unpaired) electrons. The summed E-state index contributed by atoms with van der Waals surface area (Å²) in [5, 5.41) is 19.7. The van der Waals surface area contributed by atoms with Crippen molar-refractivity contribution >= 4 is 24.9 Å². The third-order valence-corrected chi connectivity index (χ3v) is 4.60. The number of fused-ring (bicyclic) bond motifs is 1. The first-order valence-electron chi connectivity index (χ1n) is 10.9. The van der Waals surface area contributed by atoms with Gasteiger partial charge in [0.2, 0.25) is 0 Å². The molecule has 0 bridgehead atoms. The third-order valence-electron chi connectivity index (χ3n) is 4.60. The van der Waals surface area contributed by atoms with Crippen LogP contribution in [-0.4, -0.2) is 57.3 Å². The van der Waals surface area contributed by atoms with Crippen molar-refractivity contribution in [3.8, 4) is 17.2 Å². The number of ether oxygens (including phenoxy) is 1. The molecule has 168 valence electrons. The molecule has 0 atom stereocenters. The van der Waals surface area contributed by atoms with Crippen LogP contribution in [0.25, 0.3) is 16.6 Å². The highest BCUT2D eigenvalue weighted by Gasteiger charge is 2.22. The summed E-state index contributed by atoms with van der Waals surface area (Å²) in [6.45, 7) is 11.4.